The lowest BCUT2D eigenvalue weighted by Gasteiger charge is -2.33. The Morgan fingerprint density at radius 1 is 1.17 bits per heavy atom. The Kier molecular flexibility index (Phi) is 3.77. The molecule has 8 heteroatoms. The third-order valence-corrected chi connectivity index (χ3v) is 5.53. The van der Waals surface area contributed by atoms with Gasteiger partial charge in [-0.3, -0.25) is 4.79 Å². The van der Waals surface area contributed by atoms with Crippen LogP contribution in [0.1, 0.15) is 29.6 Å². The highest BCUT2D eigenvalue weighted by molar-refractivity contribution is 5.99. The number of carboxylic acid groups (broad SMARTS) is 1. The third kappa shape index (κ3) is 2.55. The lowest BCUT2D eigenvalue weighted by atomic mass is 10.0. The number of carbonyl (C=O) groups is 1. The predicted molar refractivity (Wildman–Crippen MR) is 107 cm³/mol. The molecule has 0 saturated carbocycles. The van der Waals surface area contributed by atoms with E-state index in [1.54, 1.807) is 22.8 Å². The van der Waals surface area contributed by atoms with Gasteiger partial charge in [0.25, 0.3) is 0 Å². The molecule has 0 spiro atoms. The first kappa shape index (κ1) is 17.5. The maximum atomic E-state index is 15.2. The summed E-state index contributed by atoms with van der Waals surface area (Å²) < 4.78 is 22.9. The molecule has 29 heavy (non-hydrogen) atoms. The Hall–Kier alpha value is -3.55. The van der Waals surface area contributed by atoms with Crippen molar-refractivity contribution in [1.29, 1.82) is 0 Å². The zero-order valence-corrected chi connectivity index (χ0v) is 15.4. The van der Waals surface area contributed by atoms with Crippen molar-refractivity contribution < 1.29 is 19.0 Å². The van der Waals surface area contributed by atoms with Crippen molar-refractivity contribution >= 4 is 28.2 Å². The van der Waals surface area contributed by atoms with E-state index in [2.05, 4.69) is 0 Å². The molecule has 148 valence electrons. The Balaban J connectivity index is 1.91. The van der Waals surface area contributed by atoms with Crippen LogP contribution in [-0.2, 0) is 0 Å². The highest BCUT2D eigenvalue weighted by atomic mass is 19.1. The van der Waals surface area contributed by atoms with Crippen LogP contribution < -0.4 is 20.8 Å². The number of nitrogens with two attached hydrogens (primary N) is 1. The number of halogens is 1. The van der Waals surface area contributed by atoms with Crippen molar-refractivity contribution in [3.8, 4) is 17.2 Å². The van der Waals surface area contributed by atoms with Gasteiger partial charge in [0.15, 0.2) is 17.3 Å². The number of nitrogens with zero attached hydrogens (tertiary/aromatic N) is 2. The lowest BCUT2D eigenvalue weighted by molar-refractivity contribution is 0.0695. The van der Waals surface area contributed by atoms with E-state index in [0.29, 0.717) is 41.4 Å². The molecule has 0 atom stereocenters. The summed E-state index contributed by atoms with van der Waals surface area (Å²) in [6.45, 7) is 1.36. The fourth-order valence-electron chi connectivity index (χ4n) is 4.19. The van der Waals surface area contributed by atoms with E-state index in [0.717, 1.165) is 25.3 Å². The molecule has 3 aromatic rings. The van der Waals surface area contributed by atoms with Crippen molar-refractivity contribution in [2.24, 2.45) is 0 Å². The van der Waals surface area contributed by atoms with E-state index in [-0.39, 0.29) is 11.1 Å². The van der Waals surface area contributed by atoms with Gasteiger partial charge in [-0.15, -0.1) is 0 Å². The number of nitrogen functional groups attached to an aromatic ring is 1. The second-order valence-electron chi connectivity index (χ2n) is 7.36. The summed E-state index contributed by atoms with van der Waals surface area (Å²) in [5.41, 5.74) is 6.37. The Labute approximate surface area is 164 Å². The molecule has 0 amide bonds. The van der Waals surface area contributed by atoms with E-state index in [1.165, 1.54) is 6.20 Å². The summed E-state index contributed by atoms with van der Waals surface area (Å²) >= 11 is 0. The van der Waals surface area contributed by atoms with Crippen LogP contribution in [0.4, 0.5) is 15.8 Å². The molecule has 5 rings (SSSR count). The zero-order chi connectivity index (χ0) is 20.3. The Bertz CT molecular complexity index is 1250. The van der Waals surface area contributed by atoms with Gasteiger partial charge in [-0.25, -0.2) is 9.18 Å². The normalized spacial score (nSPS) is 15.1. The molecule has 2 aliphatic rings. The second kappa shape index (κ2) is 6.23. The lowest BCUT2D eigenvalue weighted by Crippen LogP contribution is -2.31. The summed E-state index contributed by atoms with van der Waals surface area (Å²) in [6, 6.07) is 6.08. The number of ether oxygens (including phenoxy) is 1. The highest BCUT2D eigenvalue weighted by Gasteiger charge is 2.30. The minimum absolute atomic E-state index is 0.0272. The molecular formula is C21H18FN3O4. The molecule has 3 N–H and O–H groups in total. The summed E-state index contributed by atoms with van der Waals surface area (Å²) in [6.07, 6.45) is 4.22. The average Bonchev–Trinajstić information content (AvgIpc) is 2.70. The third-order valence-electron chi connectivity index (χ3n) is 5.53. The van der Waals surface area contributed by atoms with Gasteiger partial charge in [-0.05, 0) is 37.5 Å². The van der Waals surface area contributed by atoms with Crippen LogP contribution in [0.15, 0.2) is 35.3 Å². The number of rotatable bonds is 2. The summed E-state index contributed by atoms with van der Waals surface area (Å²) in [4.78, 5) is 26.3. The van der Waals surface area contributed by atoms with Gasteiger partial charge < -0.3 is 25.0 Å². The number of hydrogen-bond donors (Lipinski definition) is 2. The number of carboxylic acids is 1. The first-order chi connectivity index (χ1) is 14.0. The predicted octanol–water partition coefficient (Wildman–Crippen LogP) is 3.51. The average molecular weight is 395 g/mol. The molecule has 0 radical (unpaired) electrons. The number of hydrogen-bond acceptors (Lipinski definition) is 5. The molecule has 0 bridgehead atoms. The molecule has 1 fully saturated rings. The van der Waals surface area contributed by atoms with Crippen LogP contribution in [0.5, 0.6) is 11.5 Å². The topological polar surface area (TPSA) is 97.8 Å². The fourth-order valence-corrected chi connectivity index (χ4v) is 4.19. The molecule has 1 saturated heterocycles. The smallest absolute Gasteiger partial charge is 0.341 e. The van der Waals surface area contributed by atoms with Gasteiger partial charge in [0, 0.05) is 31.0 Å². The van der Waals surface area contributed by atoms with Crippen LogP contribution in [0.25, 0.3) is 16.6 Å². The monoisotopic (exact) mass is 395 g/mol. The number of anilines is 2. The van der Waals surface area contributed by atoms with Gasteiger partial charge in [-0.2, -0.15) is 0 Å². The quantitative estimate of drug-likeness (QED) is 0.504. The van der Waals surface area contributed by atoms with Crippen LogP contribution in [0.3, 0.4) is 0 Å². The maximum Gasteiger partial charge on any atom is 0.341 e. The number of aromatic nitrogens is 1. The van der Waals surface area contributed by atoms with Gasteiger partial charge in [0.1, 0.15) is 16.8 Å². The number of benzene rings is 2. The van der Waals surface area contributed by atoms with E-state index in [1.807, 2.05) is 4.90 Å². The van der Waals surface area contributed by atoms with Crippen molar-refractivity contribution in [3.63, 3.8) is 0 Å². The minimum Gasteiger partial charge on any atom is -0.477 e. The number of piperidine rings is 1. The van der Waals surface area contributed by atoms with Gasteiger partial charge in [0.05, 0.1) is 11.1 Å². The summed E-state index contributed by atoms with van der Waals surface area (Å²) in [5.74, 6) is -1.38. The van der Waals surface area contributed by atoms with Crippen molar-refractivity contribution in [2.75, 3.05) is 23.7 Å². The van der Waals surface area contributed by atoms with Gasteiger partial charge >= 0.3 is 5.97 Å². The Morgan fingerprint density at radius 3 is 2.66 bits per heavy atom. The molecule has 7 nitrogen and oxygen atoms in total. The number of aromatic carboxylic acids is 1. The van der Waals surface area contributed by atoms with E-state index in [9.17, 15) is 14.7 Å². The molecule has 2 aromatic carbocycles. The number of fused-ring (bicyclic) bond motifs is 2. The molecule has 2 aliphatic heterocycles. The maximum absolute atomic E-state index is 15.2. The van der Waals surface area contributed by atoms with Crippen molar-refractivity contribution in [1.82, 2.24) is 4.57 Å². The SMILES string of the molecule is Nc1ccc2c(c1)Oc1c(N3CCCCC3)c(F)cc3c(=O)c(C(=O)O)cn-2c13. The highest BCUT2D eigenvalue weighted by Crippen LogP contribution is 2.47. The van der Waals surface area contributed by atoms with Crippen molar-refractivity contribution in [2.45, 2.75) is 19.3 Å². The molecular weight excluding hydrogens is 377 g/mol. The summed E-state index contributed by atoms with van der Waals surface area (Å²) in [5, 5.41) is 9.46. The van der Waals surface area contributed by atoms with Crippen LogP contribution >= 0.6 is 0 Å². The van der Waals surface area contributed by atoms with Gasteiger partial charge in [0.2, 0.25) is 5.43 Å². The largest absolute Gasteiger partial charge is 0.477 e. The van der Waals surface area contributed by atoms with Gasteiger partial charge in [-0.1, -0.05) is 0 Å². The second-order valence-corrected chi connectivity index (χ2v) is 7.36. The molecule has 1 aromatic heterocycles. The van der Waals surface area contributed by atoms with E-state index < -0.39 is 22.8 Å². The first-order valence-electron chi connectivity index (χ1n) is 9.43. The first-order valence-corrected chi connectivity index (χ1v) is 9.43. The van der Waals surface area contributed by atoms with Crippen LogP contribution in [-0.4, -0.2) is 28.7 Å². The Morgan fingerprint density at radius 2 is 1.93 bits per heavy atom. The minimum atomic E-state index is -1.37. The number of pyridine rings is 1. The molecule has 0 aliphatic carbocycles. The van der Waals surface area contributed by atoms with E-state index >= 15 is 4.39 Å². The van der Waals surface area contributed by atoms with Crippen LogP contribution in [0.2, 0.25) is 0 Å². The van der Waals surface area contributed by atoms with E-state index in [4.69, 9.17) is 10.5 Å². The van der Waals surface area contributed by atoms with Crippen molar-refractivity contribution in [3.05, 3.63) is 52.1 Å². The molecule has 0 unspecified atom stereocenters. The molecule has 3 heterocycles. The van der Waals surface area contributed by atoms with Crippen LogP contribution in [0, 0.1) is 5.82 Å². The zero-order valence-electron chi connectivity index (χ0n) is 15.4. The fraction of sp³-hybridized carbons (Fsp3) is 0.238. The standard InChI is InChI=1S/C21H18FN3O4/c22-14-9-12-17-20(18(14)24-6-2-1-3-7-24)29-16-8-11(23)4-5-15(16)25(17)10-13(19(12)26)21(27)28/h4-5,8-10H,1-3,6-7,23H2,(H,27,28). The summed E-state index contributed by atoms with van der Waals surface area (Å²) in [7, 11) is 0.